The van der Waals surface area contributed by atoms with Crippen molar-refractivity contribution in [2.24, 2.45) is 0 Å². The number of nitrogens with zero attached hydrogens (tertiary/aromatic N) is 1. The number of hydrogen-bond donors (Lipinski definition) is 1. The number of ketones is 1. The monoisotopic (exact) mass is 487 g/mol. The van der Waals surface area contributed by atoms with Gasteiger partial charge in [0.25, 0.3) is 11.7 Å². The van der Waals surface area contributed by atoms with E-state index in [1.54, 1.807) is 67.6 Å². The Balaban J connectivity index is 1.84. The molecule has 3 aromatic rings. The zero-order valence-electron chi connectivity index (χ0n) is 20.1. The average molecular weight is 488 g/mol. The molecular formula is C28H25NO7. The van der Waals surface area contributed by atoms with E-state index < -0.39 is 23.7 Å². The molecule has 0 saturated carbocycles. The molecule has 1 amide bonds. The van der Waals surface area contributed by atoms with Crippen LogP contribution in [-0.4, -0.2) is 43.6 Å². The van der Waals surface area contributed by atoms with Crippen LogP contribution in [0.1, 0.15) is 34.5 Å². The second kappa shape index (κ2) is 10.4. The van der Waals surface area contributed by atoms with Crippen molar-refractivity contribution in [3.63, 3.8) is 0 Å². The summed E-state index contributed by atoms with van der Waals surface area (Å²) in [7, 11) is 3.06. The van der Waals surface area contributed by atoms with Crippen LogP contribution in [0.15, 0.2) is 78.4 Å². The fourth-order valence-electron chi connectivity index (χ4n) is 4.08. The van der Waals surface area contributed by atoms with Gasteiger partial charge in [-0.25, -0.2) is 4.79 Å². The minimum absolute atomic E-state index is 0.0511. The first kappa shape index (κ1) is 24.5. The first-order valence-electron chi connectivity index (χ1n) is 11.3. The van der Waals surface area contributed by atoms with Gasteiger partial charge in [-0.3, -0.25) is 14.5 Å². The summed E-state index contributed by atoms with van der Waals surface area (Å²) < 4.78 is 15.4. The molecule has 0 unspecified atom stereocenters. The van der Waals surface area contributed by atoms with Crippen LogP contribution < -0.4 is 14.4 Å². The van der Waals surface area contributed by atoms with Gasteiger partial charge in [0, 0.05) is 11.3 Å². The highest BCUT2D eigenvalue weighted by atomic mass is 16.5. The zero-order chi connectivity index (χ0) is 25.8. The Morgan fingerprint density at radius 1 is 0.833 bits per heavy atom. The SMILES string of the molecule is CCOC(=O)c1ccc(N2C(=O)C(=O)C(=C(O)c3ccc(OC)cc3)[C@@H]2c2ccc(OC)cc2)cc1. The van der Waals surface area contributed by atoms with Crippen LogP contribution in [0.3, 0.4) is 0 Å². The van der Waals surface area contributed by atoms with Crippen molar-refractivity contribution >= 4 is 29.1 Å². The lowest BCUT2D eigenvalue weighted by Crippen LogP contribution is -2.29. The normalized spacial score (nSPS) is 16.6. The summed E-state index contributed by atoms with van der Waals surface area (Å²) in [4.78, 5) is 39.9. The highest BCUT2D eigenvalue weighted by Crippen LogP contribution is 2.42. The molecule has 1 N–H and O–H groups in total. The van der Waals surface area contributed by atoms with Crippen molar-refractivity contribution in [1.82, 2.24) is 0 Å². The van der Waals surface area contributed by atoms with Crippen LogP contribution in [0.5, 0.6) is 11.5 Å². The number of methoxy groups -OCH3 is 2. The number of aliphatic hydroxyl groups is 1. The third-order valence-corrected chi connectivity index (χ3v) is 5.90. The van der Waals surface area contributed by atoms with Crippen LogP contribution in [0.25, 0.3) is 5.76 Å². The summed E-state index contributed by atoms with van der Waals surface area (Å²) >= 11 is 0. The molecule has 0 aliphatic carbocycles. The number of Topliss-reactive ketones (excluding diaryl/α,β-unsaturated/α-hetero) is 1. The third kappa shape index (κ3) is 4.53. The van der Waals surface area contributed by atoms with Crippen LogP contribution in [-0.2, 0) is 14.3 Å². The fourth-order valence-corrected chi connectivity index (χ4v) is 4.08. The molecule has 1 fully saturated rings. The van der Waals surface area contributed by atoms with Crippen molar-refractivity contribution in [3.05, 3.63) is 95.1 Å². The summed E-state index contributed by atoms with van der Waals surface area (Å²) in [5.41, 5.74) is 1.62. The molecule has 0 radical (unpaired) electrons. The molecule has 36 heavy (non-hydrogen) atoms. The Bertz CT molecular complexity index is 1310. The molecule has 1 atom stereocenters. The Kier molecular flexibility index (Phi) is 7.05. The van der Waals surface area contributed by atoms with Gasteiger partial charge in [-0.1, -0.05) is 12.1 Å². The Morgan fingerprint density at radius 2 is 1.36 bits per heavy atom. The smallest absolute Gasteiger partial charge is 0.338 e. The number of benzene rings is 3. The minimum Gasteiger partial charge on any atom is -0.507 e. The quantitative estimate of drug-likeness (QED) is 0.226. The van der Waals surface area contributed by atoms with Gasteiger partial charge in [-0.05, 0) is 73.2 Å². The fraction of sp³-hybridized carbons (Fsp3) is 0.179. The van der Waals surface area contributed by atoms with Gasteiger partial charge in [0.15, 0.2) is 0 Å². The molecular weight excluding hydrogens is 462 g/mol. The molecule has 0 spiro atoms. The molecule has 1 heterocycles. The lowest BCUT2D eigenvalue weighted by Gasteiger charge is -2.25. The number of carbonyl (C=O) groups is 3. The summed E-state index contributed by atoms with van der Waals surface area (Å²) in [6.07, 6.45) is 0. The van der Waals surface area contributed by atoms with E-state index in [4.69, 9.17) is 14.2 Å². The maximum Gasteiger partial charge on any atom is 0.338 e. The van der Waals surface area contributed by atoms with Gasteiger partial charge in [0.1, 0.15) is 17.3 Å². The van der Waals surface area contributed by atoms with Gasteiger partial charge in [-0.2, -0.15) is 0 Å². The number of rotatable bonds is 7. The molecule has 184 valence electrons. The molecule has 0 bridgehead atoms. The van der Waals surface area contributed by atoms with Gasteiger partial charge in [0.2, 0.25) is 0 Å². The van der Waals surface area contributed by atoms with Crippen LogP contribution >= 0.6 is 0 Å². The number of amides is 1. The molecule has 8 heteroatoms. The lowest BCUT2D eigenvalue weighted by molar-refractivity contribution is -0.132. The van der Waals surface area contributed by atoms with E-state index in [0.717, 1.165) is 0 Å². The second-order valence-corrected chi connectivity index (χ2v) is 7.94. The van der Waals surface area contributed by atoms with E-state index >= 15 is 0 Å². The van der Waals surface area contributed by atoms with E-state index in [1.807, 2.05) is 0 Å². The predicted octanol–water partition coefficient (Wildman–Crippen LogP) is 4.51. The maximum atomic E-state index is 13.3. The first-order chi connectivity index (χ1) is 17.4. The van der Waals surface area contributed by atoms with E-state index in [2.05, 4.69) is 0 Å². The van der Waals surface area contributed by atoms with Crippen molar-refractivity contribution in [1.29, 1.82) is 0 Å². The number of esters is 1. The number of anilines is 1. The van der Waals surface area contributed by atoms with E-state index in [-0.39, 0.29) is 17.9 Å². The van der Waals surface area contributed by atoms with Crippen LogP contribution in [0, 0.1) is 0 Å². The molecule has 3 aromatic carbocycles. The van der Waals surface area contributed by atoms with Gasteiger partial charge in [0.05, 0.1) is 38.0 Å². The largest absolute Gasteiger partial charge is 0.507 e. The molecule has 1 saturated heterocycles. The predicted molar refractivity (Wildman–Crippen MR) is 133 cm³/mol. The van der Waals surface area contributed by atoms with Crippen molar-refractivity contribution in [3.8, 4) is 11.5 Å². The summed E-state index contributed by atoms with van der Waals surface area (Å²) in [6.45, 7) is 1.95. The maximum absolute atomic E-state index is 13.3. The summed E-state index contributed by atoms with van der Waals surface area (Å²) in [6, 6.07) is 18.7. The zero-order valence-corrected chi connectivity index (χ0v) is 20.1. The van der Waals surface area contributed by atoms with Crippen molar-refractivity contribution in [2.45, 2.75) is 13.0 Å². The van der Waals surface area contributed by atoms with E-state index in [1.165, 1.54) is 31.3 Å². The molecule has 1 aliphatic heterocycles. The van der Waals surface area contributed by atoms with Crippen LogP contribution in [0.2, 0.25) is 0 Å². The molecule has 0 aromatic heterocycles. The third-order valence-electron chi connectivity index (χ3n) is 5.90. The topological polar surface area (TPSA) is 102 Å². The van der Waals surface area contributed by atoms with Crippen LogP contribution in [0.4, 0.5) is 5.69 Å². The number of aliphatic hydroxyl groups excluding tert-OH is 1. The first-order valence-corrected chi connectivity index (χ1v) is 11.3. The number of ether oxygens (including phenoxy) is 3. The van der Waals surface area contributed by atoms with E-state index in [9.17, 15) is 19.5 Å². The van der Waals surface area contributed by atoms with Crippen molar-refractivity contribution < 1.29 is 33.7 Å². The Hall–Kier alpha value is -4.59. The molecule has 1 aliphatic rings. The molecule has 4 rings (SSSR count). The van der Waals surface area contributed by atoms with Gasteiger partial charge >= 0.3 is 5.97 Å². The highest BCUT2D eigenvalue weighted by Gasteiger charge is 2.47. The lowest BCUT2D eigenvalue weighted by atomic mass is 9.95. The van der Waals surface area contributed by atoms with E-state index in [0.29, 0.717) is 33.9 Å². The Morgan fingerprint density at radius 3 is 1.89 bits per heavy atom. The minimum atomic E-state index is -0.911. The second-order valence-electron chi connectivity index (χ2n) is 7.94. The average Bonchev–Trinajstić information content (AvgIpc) is 3.18. The number of hydrogen-bond acceptors (Lipinski definition) is 7. The highest BCUT2D eigenvalue weighted by molar-refractivity contribution is 6.51. The van der Waals surface area contributed by atoms with Gasteiger partial charge < -0.3 is 19.3 Å². The summed E-state index contributed by atoms with van der Waals surface area (Å²) in [5, 5.41) is 11.2. The van der Waals surface area contributed by atoms with Crippen molar-refractivity contribution in [2.75, 3.05) is 25.7 Å². The molecule has 8 nitrogen and oxygen atoms in total. The Labute approximate surface area is 208 Å². The standard InChI is InChI=1S/C28H25NO7/c1-4-36-28(33)19-5-11-20(12-6-19)29-24(17-7-13-21(34-2)14-8-17)23(26(31)27(29)32)25(30)18-9-15-22(35-3)16-10-18/h5-16,24,30H,4H2,1-3H3/t24-/m0/s1. The number of carbonyl (C=O) groups excluding carboxylic acids is 3. The summed E-state index contributed by atoms with van der Waals surface area (Å²) in [5.74, 6) is -1.22. The van der Waals surface area contributed by atoms with Gasteiger partial charge in [-0.15, -0.1) is 0 Å².